The van der Waals surface area contributed by atoms with E-state index in [1.807, 2.05) is 13.2 Å². The van der Waals surface area contributed by atoms with Gasteiger partial charge >= 0.3 is 0 Å². The van der Waals surface area contributed by atoms with Gasteiger partial charge in [-0.15, -0.1) is 0 Å². The summed E-state index contributed by atoms with van der Waals surface area (Å²) in [7, 11) is 3.70. The summed E-state index contributed by atoms with van der Waals surface area (Å²) in [5.41, 5.74) is 1.15. The summed E-state index contributed by atoms with van der Waals surface area (Å²) < 4.78 is 13.2. The van der Waals surface area contributed by atoms with Crippen molar-refractivity contribution in [2.75, 3.05) is 20.8 Å². The molecular weight excluding hydrogens is 242 g/mol. The van der Waals surface area contributed by atoms with Crippen LogP contribution in [0.2, 0.25) is 0 Å². The number of nitrogens with zero attached hydrogens (tertiary/aromatic N) is 2. The standard InChI is InChI=1S/C14H25N3O2/c1-5-6-17-14(12(18-4)8-16-17)13(15-3)11-7-10(2)19-9-11/h8,10-11,13,15H,5-7,9H2,1-4H3. The Bertz CT molecular complexity index is 405. The summed E-state index contributed by atoms with van der Waals surface area (Å²) in [5.74, 6) is 1.34. The monoisotopic (exact) mass is 267 g/mol. The number of methoxy groups -OCH3 is 1. The molecule has 1 aliphatic heterocycles. The average molecular weight is 267 g/mol. The quantitative estimate of drug-likeness (QED) is 0.856. The van der Waals surface area contributed by atoms with E-state index in [4.69, 9.17) is 9.47 Å². The highest BCUT2D eigenvalue weighted by Gasteiger charge is 2.33. The average Bonchev–Trinajstić information content (AvgIpc) is 2.99. The van der Waals surface area contributed by atoms with Gasteiger partial charge < -0.3 is 14.8 Å². The van der Waals surface area contributed by atoms with E-state index in [1.54, 1.807) is 7.11 Å². The predicted molar refractivity (Wildman–Crippen MR) is 74.4 cm³/mol. The molecular formula is C14H25N3O2. The third-order valence-corrected chi connectivity index (χ3v) is 3.81. The normalized spacial score (nSPS) is 24.6. The van der Waals surface area contributed by atoms with Crippen LogP contribution in [0.5, 0.6) is 5.75 Å². The molecule has 0 aromatic carbocycles. The number of rotatable bonds is 6. The van der Waals surface area contributed by atoms with Crippen molar-refractivity contribution < 1.29 is 9.47 Å². The van der Waals surface area contributed by atoms with E-state index in [0.717, 1.165) is 37.4 Å². The van der Waals surface area contributed by atoms with Crippen LogP contribution < -0.4 is 10.1 Å². The SMILES string of the molecule is CCCn1ncc(OC)c1C(NC)C1COC(C)C1. The van der Waals surface area contributed by atoms with Gasteiger partial charge in [0.2, 0.25) is 0 Å². The fourth-order valence-electron chi connectivity index (χ4n) is 2.92. The molecule has 0 saturated carbocycles. The molecule has 19 heavy (non-hydrogen) atoms. The minimum absolute atomic E-state index is 0.231. The van der Waals surface area contributed by atoms with Gasteiger partial charge in [-0.2, -0.15) is 5.10 Å². The van der Waals surface area contributed by atoms with Crippen molar-refractivity contribution >= 4 is 0 Å². The Morgan fingerprint density at radius 3 is 2.95 bits per heavy atom. The van der Waals surface area contributed by atoms with Gasteiger partial charge in [0.15, 0.2) is 5.75 Å². The third kappa shape index (κ3) is 2.92. The maximum Gasteiger partial charge on any atom is 0.161 e. The molecule has 1 saturated heterocycles. The first-order valence-electron chi connectivity index (χ1n) is 7.09. The molecule has 2 rings (SSSR count). The summed E-state index contributed by atoms with van der Waals surface area (Å²) in [6, 6.07) is 0.231. The maximum atomic E-state index is 5.71. The third-order valence-electron chi connectivity index (χ3n) is 3.81. The minimum atomic E-state index is 0.231. The molecule has 1 fully saturated rings. The second kappa shape index (κ2) is 6.39. The Morgan fingerprint density at radius 2 is 2.42 bits per heavy atom. The molecule has 5 heteroatoms. The molecule has 0 amide bonds. The van der Waals surface area contributed by atoms with Crippen LogP contribution in [0.3, 0.4) is 0 Å². The predicted octanol–water partition coefficient (Wildman–Crippen LogP) is 1.99. The van der Waals surface area contributed by atoms with Gasteiger partial charge in [0, 0.05) is 12.5 Å². The molecule has 0 bridgehead atoms. The summed E-state index contributed by atoms with van der Waals surface area (Å²) in [6.07, 6.45) is 4.29. The number of nitrogens with one attached hydrogen (secondary N) is 1. The van der Waals surface area contributed by atoms with Crippen molar-refractivity contribution in [3.63, 3.8) is 0 Å². The fourth-order valence-corrected chi connectivity index (χ4v) is 2.92. The maximum absolute atomic E-state index is 5.71. The van der Waals surface area contributed by atoms with E-state index in [-0.39, 0.29) is 6.04 Å². The summed E-state index contributed by atoms with van der Waals surface area (Å²) in [6.45, 7) is 6.01. The first kappa shape index (κ1) is 14.3. The van der Waals surface area contributed by atoms with Crippen molar-refractivity contribution in [2.45, 2.75) is 45.4 Å². The fraction of sp³-hybridized carbons (Fsp3) is 0.786. The Hall–Kier alpha value is -1.07. The van der Waals surface area contributed by atoms with Crippen molar-refractivity contribution in [2.24, 2.45) is 5.92 Å². The summed E-state index contributed by atoms with van der Waals surface area (Å²) in [4.78, 5) is 0. The molecule has 3 unspecified atom stereocenters. The van der Waals surface area contributed by atoms with E-state index < -0.39 is 0 Å². The molecule has 1 aromatic rings. The van der Waals surface area contributed by atoms with Crippen LogP contribution in [-0.2, 0) is 11.3 Å². The zero-order valence-electron chi connectivity index (χ0n) is 12.3. The van der Waals surface area contributed by atoms with E-state index in [1.165, 1.54) is 0 Å². The Balaban J connectivity index is 2.28. The lowest BCUT2D eigenvalue weighted by Gasteiger charge is -2.24. The molecule has 1 aliphatic rings. The first-order valence-corrected chi connectivity index (χ1v) is 7.09. The van der Waals surface area contributed by atoms with Gasteiger partial charge in [-0.25, -0.2) is 0 Å². The number of aryl methyl sites for hydroxylation is 1. The smallest absolute Gasteiger partial charge is 0.161 e. The van der Waals surface area contributed by atoms with E-state index in [0.29, 0.717) is 12.0 Å². The minimum Gasteiger partial charge on any atom is -0.493 e. The first-order chi connectivity index (χ1) is 9.21. The van der Waals surface area contributed by atoms with E-state index in [2.05, 4.69) is 28.9 Å². The van der Waals surface area contributed by atoms with Gasteiger partial charge in [-0.3, -0.25) is 4.68 Å². The zero-order chi connectivity index (χ0) is 13.8. The molecule has 1 N–H and O–H groups in total. The molecule has 0 spiro atoms. The molecule has 3 atom stereocenters. The van der Waals surface area contributed by atoms with E-state index in [9.17, 15) is 0 Å². The van der Waals surface area contributed by atoms with Gasteiger partial charge in [-0.05, 0) is 26.8 Å². The zero-order valence-corrected chi connectivity index (χ0v) is 12.3. The van der Waals surface area contributed by atoms with Crippen LogP contribution in [0.1, 0.15) is 38.4 Å². The number of aromatic nitrogens is 2. The van der Waals surface area contributed by atoms with Gasteiger partial charge in [0.05, 0.1) is 37.8 Å². The largest absolute Gasteiger partial charge is 0.493 e. The number of hydrogen-bond donors (Lipinski definition) is 1. The van der Waals surface area contributed by atoms with Crippen LogP contribution >= 0.6 is 0 Å². The lowest BCUT2D eigenvalue weighted by molar-refractivity contribution is 0.116. The van der Waals surface area contributed by atoms with Crippen molar-refractivity contribution in [3.8, 4) is 5.75 Å². The topological polar surface area (TPSA) is 48.3 Å². The number of hydrogen-bond acceptors (Lipinski definition) is 4. The van der Waals surface area contributed by atoms with Crippen LogP contribution in [0.25, 0.3) is 0 Å². The summed E-state index contributed by atoms with van der Waals surface area (Å²) in [5, 5.41) is 7.87. The van der Waals surface area contributed by atoms with E-state index >= 15 is 0 Å². The molecule has 0 radical (unpaired) electrons. The summed E-state index contributed by atoms with van der Waals surface area (Å²) >= 11 is 0. The van der Waals surface area contributed by atoms with Gasteiger partial charge in [0.1, 0.15) is 0 Å². The van der Waals surface area contributed by atoms with Crippen molar-refractivity contribution in [3.05, 3.63) is 11.9 Å². The second-order valence-electron chi connectivity index (χ2n) is 5.23. The molecule has 1 aromatic heterocycles. The van der Waals surface area contributed by atoms with Gasteiger partial charge in [-0.1, -0.05) is 6.92 Å². The van der Waals surface area contributed by atoms with Crippen LogP contribution in [-0.4, -0.2) is 36.6 Å². The van der Waals surface area contributed by atoms with Crippen molar-refractivity contribution in [1.29, 1.82) is 0 Å². The molecule has 2 heterocycles. The lowest BCUT2D eigenvalue weighted by atomic mass is 9.94. The molecule has 0 aliphatic carbocycles. The van der Waals surface area contributed by atoms with Crippen LogP contribution in [0.15, 0.2) is 6.20 Å². The lowest BCUT2D eigenvalue weighted by Crippen LogP contribution is -2.28. The Morgan fingerprint density at radius 1 is 1.63 bits per heavy atom. The Kier molecular flexibility index (Phi) is 4.82. The van der Waals surface area contributed by atoms with Gasteiger partial charge in [0.25, 0.3) is 0 Å². The molecule has 108 valence electrons. The second-order valence-corrected chi connectivity index (χ2v) is 5.23. The van der Waals surface area contributed by atoms with Crippen LogP contribution in [0, 0.1) is 5.92 Å². The van der Waals surface area contributed by atoms with Crippen molar-refractivity contribution in [1.82, 2.24) is 15.1 Å². The molecule has 5 nitrogen and oxygen atoms in total. The number of ether oxygens (including phenoxy) is 2. The highest BCUT2D eigenvalue weighted by atomic mass is 16.5. The van der Waals surface area contributed by atoms with Crippen LogP contribution in [0.4, 0.5) is 0 Å². The highest BCUT2D eigenvalue weighted by molar-refractivity contribution is 5.29. The highest BCUT2D eigenvalue weighted by Crippen LogP contribution is 2.35. The Labute approximate surface area is 115 Å².